The Morgan fingerprint density at radius 2 is 2.00 bits per heavy atom. The zero-order chi connectivity index (χ0) is 14.4. The van der Waals surface area contributed by atoms with Gasteiger partial charge in [-0.25, -0.2) is 9.78 Å². The van der Waals surface area contributed by atoms with Gasteiger partial charge in [-0.1, -0.05) is 0 Å². The summed E-state index contributed by atoms with van der Waals surface area (Å²) in [7, 11) is 0. The normalized spacial score (nSPS) is 21.5. The Morgan fingerprint density at radius 1 is 1.29 bits per heavy atom. The van der Waals surface area contributed by atoms with Gasteiger partial charge in [0.1, 0.15) is 5.52 Å². The van der Waals surface area contributed by atoms with Crippen LogP contribution in [0.25, 0.3) is 11.2 Å². The highest BCUT2D eigenvalue weighted by atomic mass is 35.5. The van der Waals surface area contributed by atoms with Crippen molar-refractivity contribution < 1.29 is 9.47 Å². The number of piperidine rings is 1. The molecule has 0 radical (unpaired) electrons. The minimum atomic E-state index is -0.473. The van der Waals surface area contributed by atoms with Gasteiger partial charge >= 0.3 is 5.69 Å². The van der Waals surface area contributed by atoms with E-state index in [0.29, 0.717) is 50.3 Å². The van der Waals surface area contributed by atoms with E-state index in [4.69, 9.17) is 21.1 Å². The van der Waals surface area contributed by atoms with E-state index < -0.39 is 5.79 Å². The van der Waals surface area contributed by atoms with Crippen molar-refractivity contribution in [3.05, 3.63) is 22.0 Å². The van der Waals surface area contributed by atoms with Crippen molar-refractivity contribution in [2.24, 2.45) is 0 Å². The summed E-state index contributed by atoms with van der Waals surface area (Å²) in [6, 6.07) is 0. The van der Waals surface area contributed by atoms with Gasteiger partial charge in [0.25, 0.3) is 0 Å². The Balaban J connectivity index is 1.67. The highest BCUT2D eigenvalue weighted by Gasteiger charge is 2.40. The number of nitrogens with one attached hydrogen (secondary N) is 1. The van der Waals surface area contributed by atoms with E-state index in [1.165, 1.54) is 10.9 Å². The number of aromatic amines is 1. The van der Waals surface area contributed by atoms with E-state index in [-0.39, 0.29) is 11.0 Å². The third-order valence-corrected chi connectivity index (χ3v) is 4.15. The smallest absolute Gasteiger partial charge is 0.346 e. The van der Waals surface area contributed by atoms with Crippen molar-refractivity contribution in [2.75, 3.05) is 31.3 Å². The van der Waals surface area contributed by atoms with Crippen LogP contribution < -0.4 is 10.7 Å². The number of halogens is 1. The predicted octanol–water partition coefficient (Wildman–Crippen LogP) is 0.248. The predicted molar refractivity (Wildman–Crippen MR) is 75.0 cm³/mol. The molecular formula is C12H14ClN5O3. The van der Waals surface area contributed by atoms with Gasteiger partial charge in [0, 0.05) is 25.9 Å². The van der Waals surface area contributed by atoms with Crippen LogP contribution in [0.2, 0.25) is 5.28 Å². The molecule has 2 aromatic heterocycles. The fraction of sp³-hybridized carbons (Fsp3) is 0.583. The van der Waals surface area contributed by atoms with Crippen LogP contribution in [0.3, 0.4) is 0 Å². The Morgan fingerprint density at radius 3 is 2.71 bits per heavy atom. The van der Waals surface area contributed by atoms with Crippen LogP contribution in [0.4, 0.5) is 0 Å². The van der Waals surface area contributed by atoms with E-state index in [0.717, 1.165) is 0 Å². The monoisotopic (exact) mass is 311 g/mol. The van der Waals surface area contributed by atoms with Crippen LogP contribution in [0.1, 0.15) is 12.8 Å². The number of hydrogen-bond acceptors (Lipinski definition) is 6. The molecule has 0 aromatic carbocycles. The maximum absolute atomic E-state index is 12.2. The van der Waals surface area contributed by atoms with Crippen LogP contribution in [-0.2, 0) is 9.47 Å². The van der Waals surface area contributed by atoms with Crippen molar-refractivity contribution in [1.82, 2.24) is 19.6 Å². The molecule has 2 aliphatic rings. The number of H-pyrrole nitrogens is 1. The lowest BCUT2D eigenvalue weighted by Crippen LogP contribution is -2.52. The first-order chi connectivity index (χ1) is 10.2. The molecule has 112 valence electrons. The Kier molecular flexibility index (Phi) is 2.91. The molecule has 0 aliphatic carbocycles. The van der Waals surface area contributed by atoms with Gasteiger partial charge in [0.05, 0.1) is 19.4 Å². The standard InChI is InChI=1S/C12H14ClN5O3/c13-10-14-7-8-9(16-10)18(11(19)15-8)17-3-1-12(2-4-17)20-5-6-21-12/h7H,1-6H2,(H,15,19). The van der Waals surface area contributed by atoms with Gasteiger partial charge in [0.2, 0.25) is 5.28 Å². The van der Waals surface area contributed by atoms with Crippen LogP contribution in [0.5, 0.6) is 0 Å². The summed E-state index contributed by atoms with van der Waals surface area (Å²) < 4.78 is 12.9. The molecular weight excluding hydrogens is 298 g/mol. The zero-order valence-electron chi connectivity index (χ0n) is 11.2. The molecule has 2 fully saturated rings. The summed E-state index contributed by atoms with van der Waals surface area (Å²) in [5.74, 6) is -0.473. The van der Waals surface area contributed by atoms with Crippen LogP contribution >= 0.6 is 11.6 Å². The Bertz CT molecular complexity index is 726. The average Bonchev–Trinajstić information content (AvgIpc) is 3.05. The third kappa shape index (κ3) is 2.10. The topological polar surface area (TPSA) is 85.3 Å². The first kappa shape index (κ1) is 13.1. The summed E-state index contributed by atoms with van der Waals surface area (Å²) in [5, 5.41) is 2.05. The average molecular weight is 312 g/mol. The van der Waals surface area contributed by atoms with Gasteiger partial charge in [-0.3, -0.25) is 0 Å². The summed E-state index contributed by atoms with van der Waals surface area (Å²) >= 11 is 5.83. The second kappa shape index (κ2) is 4.69. The minimum absolute atomic E-state index is 0.117. The van der Waals surface area contributed by atoms with Gasteiger partial charge < -0.3 is 19.5 Å². The fourth-order valence-corrected chi connectivity index (χ4v) is 3.08. The zero-order valence-corrected chi connectivity index (χ0v) is 12.0. The first-order valence-corrected chi connectivity index (χ1v) is 7.21. The molecule has 4 heterocycles. The van der Waals surface area contributed by atoms with Crippen molar-refractivity contribution >= 4 is 22.8 Å². The van der Waals surface area contributed by atoms with Crippen molar-refractivity contribution in [2.45, 2.75) is 18.6 Å². The number of ether oxygens (including phenoxy) is 2. The molecule has 2 saturated heterocycles. The molecule has 0 amide bonds. The van der Waals surface area contributed by atoms with Gasteiger partial charge in [-0.2, -0.15) is 9.66 Å². The summed E-state index contributed by atoms with van der Waals surface area (Å²) in [6.07, 6.45) is 2.94. The fourth-order valence-electron chi connectivity index (χ4n) is 2.95. The second-order valence-electron chi connectivity index (χ2n) is 5.18. The molecule has 1 spiro atoms. The van der Waals surface area contributed by atoms with E-state index in [9.17, 15) is 4.79 Å². The summed E-state index contributed by atoms with van der Waals surface area (Å²) in [5.41, 5.74) is 0.813. The van der Waals surface area contributed by atoms with Gasteiger partial charge in [-0.15, -0.1) is 0 Å². The lowest BCUT2D eigenvalue weighted by Gasteiger charge is -2.38. The van der Waals surface area contributed by atoms with Crippen LogP contribution in [0, 0.1) is 0 Å². The van der Waals surface area contributed by atoms with Gasteiger partial charge in [-0.05, 0) is 11.6 Å². The molecule has 0 bridgehead atoms. The van der Waals surface area contributed by atoms with Crippen LogP contribution in [-0.4, -0.2) is 51.7 Å². The summed E-state index contributed by atoms with van der Waals surface area (Å²) in [4.78, 5) is 22.9. The molecule has 9 heteroatoms. The maximum Gasteiger partial charge on any atom is 0.346 e. The molecule has 2 aromatic rings. The van der Waals surface area contributed by atoms with E-state index >= 15 is 0 Å². The third-order valence-electron chi connectivity index (χ3n) is 3.97. The molecule has 0 unspecified atom stereocenters. The van der Waals surface area contributed by atoms with E-state index in [2.05, 4.69) is 15.0 Å². The molecule has 4 rings (SSSR count). The molecule has 8 nitrogen and oxygen atoms in total. The first-order valence-electron chi connectivity index (χ1n) is 6.83. The molecule has 1 N–H and O–H groups in total. The molecule has 21 heavy (non-hydrogen) atoms. The number of fused-ring (bicyclic) bond motifs is 1. The minimum Gasteiger partial charge on any atom is -0.347 e. The Labute approximate surface area is 124 Å². The number of hydrogen-bond donors (Lipinski definition) is 1. The molecule has 2 aliphatic heterocycles. The number of nitrogens with zero attached hydrogens (tertiary/aromatic N) is 4. The van der Waals surface area contributed by atoms with Crippen molar-refractivity contribution in [3.63, 3.8) is 0 Å². The molecule has 0 atom stereocenters. The van der Waals surface area contributed by atoms with Crippen LogP contribution in [0.15, 0.2) is 11.0 Å². The molecule has 0 saturated carbocycles. The van der Waals surface area contributed by atoms with Gasteiger partial charge in [0.15, 0.2) is 11.4 Å². The number of aromatic nitrogens is 4. The van der Waals surface area contributed by atoms with Crippen molar-refractivity contribution in [1.29, 1.82) is 0 Å². The van der Waals surface area contributed by atoms with E-state index in [1.54, 1.807) is 0 Å². The quantitative estimate of drug-likeness (QED) is 0.760. The van der Waals surface area contributed by atoms with E-state index in [1.807, 2.05) is 5.01 Å². The number of imidazole rings is 1. The highest BCUT2D eigenvalue weighted by molar-refractivity contribution is 6.28. The Hall–Kier alpha value is -1.64. The lowest BCUT2D eigenvalue weighted by molar-refractivity contribution is -0.171. The maximum atomic E-state index is 12.2. The highest BCUT2D eigenvalue weighted by Crippen LogP contribution is 2.30. The lowest BCUT2D eigenvalue weighted by atomic mass is 10.1. The summed E-state index contributed by atoms with van der Waals surface area (Å²) in [6.45, 7) is 2.56. The largest absolute Gasteiger partial charge is 0.347 e. The second-order valence-corrected chi connectivity index (χ2v) is 5.52. The number of rotatable bonds is 1. The van der Waals surface area contributed by atoms with Crippen molar-refractivity contribution in [3.8, 4) is 0 Å². The SMILES string of the molecule is O=c1[nH]c2cnc(Cl)nc2n1N1CCC2(CC1)OCCO2.